The third-order valence-corrected chi connectivity index (χ3v) is 1.90. The third-order valence-electron chi connectivity index (χ3n) is 1.56. The molecule has 0 bridgehead atoms. The first-order chi connectivity index (χ1) is 4.74. The second kappa shape index (κ2) is 3.21. The average molecular weight is 164 g/mol. The Morgan fingerprint density at radius 3 is 2.90 bits per heavy atom. The molecule has 1 aliphatic rings. The number of hydrogen-bond acceptors (Lipinski definition) is 3. The number of esters is 1. The number of nitrogens with one attached hydrogen (secondary N) is 1. The van der Waals surface area contributed by atoms with Crippen molar-refractivity contribution in [3.63, 3.8) is 0 Å². The van der Waals surface area contributed by atoms with Crippen LogP contribution in [0.5, 0.6) is 0 Å². The summed E-state index contributed by atoms with van der Waals surface area (Å²) in [6.45, 7) is 0.696. The van der Waals surface area contributed by atoms with Crippen LogP contribution in [0.3, 0.4) is 0 Å². The van der Waals surface area contributed by atoms with Crippen molar-refractivity contribution >= 4 is 17.6 Å². The lowest BCUT2D eigenvalue weighted by Crippen LogP contribution is -2.31. The van der Waals surface area contributed by atoms with Gasteiger partial charge in [0.25, 0.3) is 0 Å². The van der Waals surface area contributed by atoms with Crippen LogP contribution in [-0.4, -0.2) is 31.0 Å². The topological polar surface area (TPSA) is 38.3 Å². The third kappa shape index (κ3) is 1.61. The van der Waals surface area contributed by atoms with Crippen LogP contribution in [0.2, 0.25) is 0 Å². The van der Waals surface area contributed by atoms with E-state index in [2.05, 4.69) is 10.1 Å². The molecule has 0 radical (unpaired) electrons. The molecule has 58 valence electrons. The Labute approximate surface area is 64.7 Å². The summed E-state index contributed by atoms with van der Waals surface area (Å²) in [4.78, 5) is 10.8. The van der Waals surface area contributed by atoms with Gasteiger partial charge in [0.15, 0.2) is 0 Å². The Morgan fingerprint density at radius 1 is 1.80 bits per heavy atom. The standard InChI is InChI=1S/C6H10ClNO2/c1-10-6(9)5-2-4(7)3-8-5/h4-5,8H,2-3H2,1H3/t4-,5+/m1/s1. The lowest BCUT2D eigenvalue weighted by molar-refractivity contribution is -0.142. The Hall–Kier alpha value is -0.280. The molecule has 0 spiro atoms. The first-order valence-electron chi connectivity index (χ1n) is 3.19. The van der Waals surface area contributed by atoms with E-state index in [1.807, 2.05) is 0 Å². The van der Waals surface area contributed by atoms with Gasteiger partial charge in [-0.25, -0.2) is 0 Å². The lowest BCUT2D eigenvalue weighted by Gasteiger charge is -2.05. The zero-order chi connectivity index (χ0) is 7.56. The molecule has 3 nitrogen and oxygen atoms in total. The molecule has 2 atom stereocenters. The largest absolute Gasteiger partial charge is 0.468 e. The predicted octanol–water partition coefficient (Wildman–Crippen LogP) is 0.129. The van der Waals surface area contributed by atoms with E-state index in [-0.39, 0.29) is 17.4 Å². The van der Waals surface area contributed by atoms with Crippen molar-refractivity contribution in [2.24, 2.45) is 0 Å². The number of rotatable bonds is 1. The molecule has 10 heavy (non-hydrogen) atoms. The van der Waals surface area contributed by atoms with Crippen molar-refractivity contribution < 1.29 is 9.53 Å². The Morgan fingerprint density at radius 2 is 2.50 bits per heavy atom. The maximum absolute atomic E-state index is 10.8. The number of carbonyl (C=O) groups excluding carboxylic acids is 1. The summed E-state index contributed by atoms with van der Waals surface area (Å²) in [6.07, 6.45) is 0.675. The number of halogens is 1. The molecular weight excluding hydrogens is 154 g/mol. The molecule has 0 aromatic rings. The highest BCUT2D eigenvalue weighted by Crippen LogP contribution is 2.12. The maximum Gasteiger partial charge on any atom is 0.322 e. The van der Waals surface area contributed by atoms with E-state index in [1.54, 1.807) is 0 Å². The Bertz CT molecular complexity index is 140. The summed E-state index contributed by atoms with van der Waals surface area (Å²) in [5.74, 6) is -0.219. The van der Waals surface area contributed by atoms with Gasteiger partial charge in [0, 0.05) is 11.9 Å². The number of ether oxygens (including phenoxy) is 1. The van der Waals surface area contributed by atoms with Crippen LogP contribution in [0.25, 0.3) is 0 Å². The van der Waals surface area contributed by atoms with Gasteiger partial charge in [-0.1, -0.05) is 0 Å². The minimum Gasteiger partial charge on any atom is -0.468 e. The molecule has 1 heterocycles. The highest BCUT2D eigenvalue weighted by atomic mass is 35.5. The molecule has 0 amide bonds. The molecule has 1 N–H and O–H groups in total. The number of methoxy groups -OCH3 is 1. The summed E-state index contributed by atoms with van der Waals surface area (Å²) in [5, 5.41) is 3.02. The van der Waals surface area contributed by atoms with Crippen molar-refractivity contribution in [1.29, 1.82) is 0 Å². The van der Waals surface area contributed by atoms with E-state index in [9.17, 15) is 4.79 Å². The van der Waals surface area contributed by atoms with Gasteiger partial charge in [-0.05, 0) is 6.42 Å². The summed E-state index contributed by atoms with van der Waals surface area (Å²) >= 11 is 5.74. The normalized spacial score (nSPS) is 32.2. The summed E-state index contributed by atoms with van der Waals surface area (Å²) < 4.78 is 4.52. The van der Waals surface area contributed by atoms with Crippen LogP contribution < -0.4 is 5.32 Å². The molecule has 1 fully saturated rings. The fourth-order valence-electron chi connectivity index (χ4n) is 1.01. The number of hydrogen-bond donors (Lipinski definition) is 1. The molecule has 4 heteroatoms. The molecule has 0 aliphatic carbocycles. The number of alkyl halides is 1. The van der Waals surface area contributed by atoms with Crippen LogP contribution >= 0.6 is 11.6 Å². The van der Waals surface area contributed by atoms with Gasteiger partial charge in [-0.2, -0.15) is 0 Å². The molecule has 0 saturated carbocycles. The van der Waals surface area contributed by atoms with Crippen molar-refractivity contribution in [3.8, 4) is 0 Å². The lowest BCUT2D eigenvalue weighted by atomic mass is 10.2. The smallest absolute Gasteiger partial charge is 0.322 e. The minimum atomic E-state index is -0.219. The Balaban J connectivity index is 2.37. The molecule has 0 aromatic heterocycles. The van der Waals surface area contributed by atoms with E-state index in [0.717, 1.165) is 0 Å². The van der Waals surface area contributed by atoms with Crippen LogP contribution in [0.15, 0.2) is 0 Å². The van der Waals surface area contributed by atoms with Crippen molar-refractivity contribution in [2.75, 3.05) is 13.7 Å². The SMILES string of the molecule is COC(=O)[C@@H]1C[C@@H](Cl)CN1. The molecule has 0 aromatic carbocycles. The van der Waals surface area contributed by atoms with Gasteiger partial charge in [0.2, 0.25) is 0 Å². The van der Waals surface area contributed by atoms with E-state index < -0.39 is 0 Å². The van der Waals surface area contributed by atoms with Gasteiger partial charge >= 0.3 is 5.97 Å². The van der Waals surface area contributed by atoms with E-state index in [4.69, 9.17) is 11.6 Å². The predicted molar refractivity (Wildman–Crippen MR) is 38.1 cm³/mol. The van der Waals surface area contributed by atoms with Gasteiger partial charge in [0.05, 0.1) is 7.11 Å². The van der Waals surface area contributed by atoms with E-state index in [0.29, 0.717) is 13.0 Å². The minimum absolute atomic E-state index is 0.0732. The highest BCUT2D eigenvalue weighted by molar-refractivity contribution is 6.21. The van der Waals surface area contributed by atoms with E-state index in [1.165, 1.54) is 7.11 Å². The molecule has 0 unspecified atom stereocenters. The van der Waals surface area contributed by atoms with Crippen molar-refractivity contribution in [2.45, 2.75) is 17.8 Å². The molecule has 1 saturated heterocycles. The van der Waals surface area contributed by atoms with Gasteiger partial charge < -0.3 is 10.1 Å². The maximum atomic E-state index is 10.8. The van der Waals surface area contributed by atoms with Crippen molar-refractivity contribution in [3.05, 3.63) is 0 Å². The average Bonchev–Trinajstić information content (AvgIpc) is 2.34. The van der Waals surface area contributed by atoms with E-state index >= 15 is 0 Å². The second-order valence-electron chi connectivity index (χ2n) is 2.32. The van der Waals surface area contributed by atoms with Gasteiger partial charge in [-0.15, -0.1) is 11.6 Å². The van der Waals surface area contributed by atoms with Crippen LogP contribution in [0, 0.1) is 0 Å². The first kappa shape index (κ1) is 7.82. The fraction of sp³-hybridized carbons (Fsp3) is 0.833. The molecular formula is C6H10ClNO2. The fourth-order valence-corrected chi connectivity index (χ4v) is 1.28. The molecule has 1 aliphatic heterocycles. The summed E-state index contributed by atoms with van der Waals surface area (Å²) in [7, 11) is 1.38. The Kier molecular flexibility index (Phi) is 2.51. The first-order valence-corrected chi connectivity index (χ1v) is 3.63. The summed E-state index contributed by atoms with van der Waals surface area (Å²) in [6, 6.07) is -0.188. The summed E-state index contributed by atoms with van der Waals surface area (Å²) in [5.41, 5.74) is 0. The monoisotopic (exact) mass is 163 g/mol. The van der Waals surface area contributed by atoms with Crippen LogP contribution in [0.1, 0.15) is 6.42 Å². The zero-order valence-electron chi connectivity index (χ0n) is 5.76. The molecule has 1 rings (SSSR count). The van der Waals surface area contributed by atoms with Crippen LogP contribution in [0.4, 0.5) is 0 Å². The highest BCUT2D eigenvalue weighted by Gasteiger charge is 2.28. The van der Waals surface area contributed by atoms with Crippen LogP contribution in [-0.2, 0) is 9.53 Å². The second-order valence-corrected chi connectivity index (χ2v) is 2.93. The van der Waals surface area contributed by atoms with Crippen molar-refractivity contribution in [1.82, 2.24) is 5.32 Å². The quantitative estimate of drug-likeness (QED) is 0.441. The number of carbonyl (C=O) groups is 1. The zero-order valence-corrected chi connectivity index (χ0v) is 6.52. The van der Waals surface area contributed by atoms with Gasteiger partial charge in [0.1, 0.15) is 6.04 Å². The van der Waals surface area contributed by atoms with Gasteiger partial charge in [-0.3, -0.25) is 4.79 Å².